The molecule has 0 aliphatic rings. The number of methoxy groups -OCH3 is 2. The molecule has 0 radical (unpaired) electrons. The van der Waals surface area contributed by atoms with Crippen LogP contribution in [0.2, 0.25) is 0 Å². The molecular formula is C24H23N3O4S2. The van der Waals surface area contributed by atoms with E-state index in [0.717, 1.165) is 16.8 Å². The van der Waals surface area contributed by atoms with Gasteiger partial charge >= 0.3 is 0 Å². The van der Waals surface area contributed by atoms with Crippen molar-refractivity contribution in [2.75, 3.05) is 25.3 Å². The van der Waals surface area contributed by atoms with Crippen LogP contribution in [0, 0.1) is 13.8 Å². The minimum atomic E-state index is -0.251. The number of aromatic nitrogens is 2. The zero-order valence-corrected chi connectivity index (χ0v) is 20.3. The number of hydrogen-bond acceptors (Lipinski definition) is 7. The molecule has 2 heterocycles. The second kappa shape index (κ2) is 9.68. The van der Waals surface area contributed by atoms with Crippen molar-refractivity contribution in [2.45, 2.75) is 19.0 Å². The molecule has 2 aromatic carbocycles. The van der Waals surface area contributed by atoms with E-state index in [9.17, 15) is 9.59 Å². The summed E-state index contributed by atoms with van der Waals surface area (Å²) in [7, 11) is 3.09. The summed E-state index contributed by atoms with van der Waals surface area (Å²) in [6.45, 7) is 3.97. The smallest absolute Gasteiger partial charge is 0.276 e. The van der Waals surface area contributed by atoms with Gasteiger partial charge in [0.05, 0.1) is 36.9 Å². The van der Waals surface area contributed by atoms with Crippen LogP contribution in [0.1, 0.15) is 11.1 Å². The number of fused-ring (bicyclic) bond motifs is 1. The van der Waals surface area contributed by atoms with Gasteiger partial charge in [-0.15, -0.1) is 11.3 Å². The maximum atomic E-state index is 13.3. The molecule has 2 aromatic heterocycles. The summed E-state index contributed by atoms with van der Waals surface area (Å²) in [6, 6.07) is 12.9. The van der Waals surface area contributed by atoms with Gasteiger partial charge in [-0.25, -0.2) is 4.98 Å². The number of ether oxygens (including phenoxy) is 2. The van der Waals surface area contributed by atoms with Crippen molar-refractivity contribution >= 4 is 44.9 Å². The van der Waals surface area contributed by atoms with Crippen LogP contribution in [0.3, 0.4) is 0 Å². The first-order valence-electron chi connectivity index (χ1n) is 10.1. The Morgan fingerprint density at radius 1 is 1.12 bits per heavy atom. The fourth-order valence-corrected chi connectivity index (χ4v) is 5.05. The molecule has 4 rings (SSSR count). The number of thioether (sulfide) groups is 1. The number of thiophene rings is 1. The van der Waals surface area contributed by atoms with Gasteiger partial charge in [-0.05, 0) is 49.1 Å². The van der Waals surface area contributed by atoms with Crippen LogP contribution in [0.4, 0.5) is 5.69 Å². The number of nitrogens with zero attached hydrogens (tertiary/aromatic N) is 2. The molecule has 0 bridgehead atoms. The van der Waals surface area contributed by atoms with Crippen molar-refractivity contribution in [3.63, 3.8) is 0 Å². The third-order valence-electron chi connectivity index (χ3n) is 5.06. The first-order valence-corrected chi connectivity index (χ1v) is 12.0. The van der Waals surface area contributed by atoms with Crippen molar-refractivity contribution in [3.8, 4) is 17.2 Å². The van der Waals surface area contributed by atoms with Gasteiger partial charge in [-0.3, -0.25) is 14.2 Å². The molecule has 1 amide bonds. The molecule has 4 aromatic rings. The molecule has 0 aliphatic heterocycles. The first-order chi connectivity index (χ1) is 15.9. The minimum Gasteiger partial charge on any atom is -0.497 e. The topological polar surface area (TPSA) is 82.5 Å². The molecule has 0 saturated carbocycles. The number of hydrogen-bond donors (Lipinski definition) is 1. The van der Waals surface area contributed by atoms with Crippen LogP contribution in [0.25, 0.3) is 15.9 Å². The lowest BCUT2D eigenvalue weighted by molar-refractivity contribution is -0.113. The fourth-order valence-electron chi connectivity index (χ4n) is 3.49. The van der Waals surface area contributed by atoms with E-state index in [4.69, 9.17) is 9.47 Å². The number of rotatable bonds is 7. The van der Waals surface area contributed by atoms with Gasteiger partial charge in [0, 0.05) is 6.07 Å². The van der Waals surface area contributed by atoms with Crippen LogP contribution in [-0.2, 0) is 4.79 Å². The van der Waals surface area contributed by atoms with E-state index in [0.29, 0.717) is 32.6 Å². The molecule has 1 N–H and O–H groups in total. The van der Waals surface area contributed by atoms with Gasteiger partial charge in [0.25, 0.3) is 5.56 Å². The zero-order valence-electron chi connectivity index (χ0n) is 18.7. The highest BCUT2D eigenvalue weighted by Crippen LogP contribution is 2.30. The van der Waals surface area contributed by atoms with Crippen molar-refractivity contribution in [3.05, 3.63) is 69.3 Å². The van der Waals surface area contributed by atoms with Gasteiger partial charge in [0.15, 0.2) is 5.16 Å². The van der Waals surface area contributed by atoms with E-state index in [1.165, 1.54) is 30.2 Å². The monoisotopic (exact) mass is 481 g/mol. The second-order valence-electron chi connectivity index (χ2n) is 7.36. The van der Waals surface area contributed by atoms with Crippen molar-refractivity contribution < 1.29 is 14.3 Å². The molecule has 0 unspecified atom stereocenters. The van der Waals surface area contributed by atoms with Crippen LogP contribution in [0.5, 0.6) is 11.5 Å². The predicted octanol–water partition coefficient (Wildman–Crippen LogP) is 4.81. The Bertz CT molecular complexity index is 1390. The van der Waals surface area contributed by atoms with Crippen molar-refractivity contribution in [1.82, 2.24) is 9.55 Å². The molecule has 170 valence electrons. The van der Waals surface area contributed by atoms with Crippen LogP contribution in [-0.4, -0.2) is 35.4 Å². The predicted molar refractivity (Wildman–Crippen MR) is 134 cm³/mol. The maximum absolute atomic E-state index is 13.3. The van der Waals surface area contributed by atoms with Crippen LogP contribution < -0.4 is 20.3 Å². The Morgan fingerprint density at radius 2 is 1.94 bits per heavy atom. The number of anilines is 1. The molecular weight excluding hydrogens is 458 g/mol. The molecule has 9 heteroatoms. The Hall–Kier alpha value is -3.30. The summed E-state index contributed by atoms with van der Waals surface area (Å²) in [5.41, 5.74) is 3.82. The average Bonchev–Trinajstić information content (AvgIpc) is 3.27. The fraction of sp³-hybridized carbons (Fsp3) is 0.208. The zero-order chi connectivity index (χ0) is 23.5. The van der Waals surface area contributed by atoms with Crippen LogP contribution >= 0.6 is 23.1 Å². The summed E-state index contributed by atoms with van der Waals surface area (Å²) in [6.07, 6.45) is 0. The molecule has 7 nitrogen and oxygen atoms in total. The summed E-state index contributed by atoms with van der Waals surface area (Å²) < 4.78 is 12.7. The molecule has 33 heavy (non-hydrogen) atoms. The lowest BCUT2D eigenvalue weighted by Crippen LogP contribution is -2.23. The quantitative estimate of drug-likeness (QED) is 0.301. The van der Waals surface area contributed by atoms with Crippen molar-refractivity contribution in [1.29, 1.82) is 0 Å². The Kier molecular flexibility index (Phi) is 6.71. The van der Waals surface area contributed by atoms with Crippen molar-refractivity contribution in [2.24, 2.45) is 0 Å². The van der Waals surface area contributed by atoms with E-state index in [1.54, 1.807) is 29.9 Å². The summed E-state index contributed by atoms with van der Waals surface area (Å²) in [5.74, 6) is 0.942. The van der Waals surface area contributed by atoms with Gasteiger partial charge in [0.2, 0.25) is 5.91 Å². The molecule has 0 atom stereocenters. The summed E-state index contributed by atoms with van der Waals surface area (Å²) >= 11 is 2.57. The highest BCUT2D eigenvalue weighted by molar-refractivity contribution is 7.99. The Balaban J connectivity index is 1.65. The number of aryl methyl sites for hydroxylation is 2. The first kappa shape index (κ1) is 22.9. The highest BCUT2D eigenvalue weighted by Gasteiger charge is 2.18. The highest BCUT2D eigenvalue weighted by atomic mass is 32.2. The third-order valence-corrected chi connectivity index (χ3v) is 6.89. The minimum absolute atomic E-state index is 0.0629. The molecule has 0 saturated heterocycles. The van der Waals surface area contributed by atoms with Gasteiger partial charge in [0.1, 0.15) is 16.2 Å². The second-order valence-corrected chi connectivity index (χ2v) is 9.22. The lowest BCUT2D eigenvalue weighted by Gasteiger charge is -2.15. The normalized spacial score (nSPS) is 10.9. The van der Waals surface area contributed by atoms with E-state index in [-0.39, 0.29) is 17.2 Å². The summed E-state index contributed by atoms with van der Waals surface area (Å²) in [4.78, 5) is 30.8. The van der Waals surface area contributed by atoms with E-state index in [2.05, 4.69) is 10.3 Å². The molecule has 0 spiro atoms. The SMILES string of the molecule is COc1ccc(OC)c(NC(=O)CSc2nc3ccsc3c(=O)n2-c2ccc(C)cc2C)c1. The van der Waals surface area contributed by atoms with E-state index < -0.39 is 0 Å². The van der Waals surface area contributed by atoms with Crippen LogP contribution in [0.15, 0.2) is 57.8 Å². The number of amides is 1. The summed E-state index contributed by atoms with van der Waals surface area (Å²) in [5, 5.41) is 5.17. The largest absolute Gasteiger partial charge is 0.497 e. The maximum Gasteiger partial charge on any atom is 0.276 e. The number of benzene rings is 2. The number of carbonyl (C=O) groups is 1. The number of carbonyl (C=O) groups excluding carboxylic acids is 1. The van der Waals surface area contributed by atoms with E-state index in [1.807, 2.05) is 43.5 Å². The standard InChI is InChI=1S/C24H23N3O4S2/c1-14-5-7-19(15(2)11-14)27-23(29)22-17(9-10-32-22)26-24(27)33-13-21(28)25-18-12-16(30-3)6-8-20(18)31-4/h5-12H,13H2,1-4H3,(H,25,28). The van der Waals surface area contributed by atoms with Gasteiger partial charge < -0.3 is 14.8 Å². The van der Waals surface area contributed by atoms with Gasteiger partial charge in [-0.1, -0.05) is 29.5 Å². The molecule has 0 aliphatic carbocycles. The Labute approximate surface area is 199 Å². The lowest BCUT2D eigenvalue weighted by atomic mass is 10.1. The third kappa shape index (κ3) is 4.74. The number of nitrogens with one attached hydrogen (secondary N) is 1. The van der Waals surface area contributed by atoms with E-state index >= 15 is 0 Å². The van der Waals surface area contributed by atoms with Gasteiger partial charge in [-0.2, -0.15) is 0 Å². The average molecular weight is 482 g/mol. The Morgan fingerprint density at radius 3 is 2.67 bits per heavy atom. The molecule has 0 fully saturated rings.